The topological polar surface area (TPSA) is 249 Å². The number of carbonyl (C=O) groups excluding carboxylic acids is 8. The highest BCUT2D eigenvalue weighted by atomic mass is 16.6. The van der Waals surface area contributed by atoms with Gasteiger partial charge >= 0.3 is 24.2 Å². The zero-order valence-corrected chi connectivity index (χ0v) is 43.9. The van der Waals surface area contributed by atoms with Crippen LogP contribution in [0.25, 0.3) is 0 Å². The number of amides is 7. The molecule has 1 aliphatic carbocycles. The second kappa shape index (κ2) is 26.3. The second-order valence-electron chi connectivity index (χ2n) is 21.7. The Hall–Kier alpha value is -6.40. The fourth-order valence-electron chi connectivity index (χ4n) is 8.10. The number of esters is 1. The predicted molar refractivity (Wildman–Crippen MR) is 269 cm³/mol. The van der Waals surface area contributed by atoms with Gasteiger partial charge in [0.2, 0.25) is 23.6 Å². The minimum Gasteiger partial charge on any atom is -0.467 e. The van der Waals surface area contributed by atoms with E-state index in [4.69, 9.17) is 18.9 Å². The number of ether oxygens (including phenoxy) is 4. The van der Waals surface area contributed by atoms with Gasteiger partial charge in [0.1, 0.15) is 46.5 Å². The Kier molecular flexibility index (Phi) is 21.3. The van der Waals surface area contributed by atoms with Gasteiger partial charge in [0.05, 0.1) is 7.11 Å². The van der Waals surface area contributed by atoms with Gasteiger partial charge in [-0.3, -0.25) is 19.2 Å². The summed E-state index contributed by atoms with van der Waals surface area (Å²) in [5.74, 6) is -2.68. The first-order chi connectivity index (χ1) is 33.7. The number of likely N-dealkylation sites (tertiary alicyclic amines) is 1. The second-order valence-corrected chi connectivity index (χ2v) is 21.7. The Balaban J connectivity index is 1.58. The van der Waals surface area contributed by atoms with Gasteiger partial charge in [-0.1, -0.05) is 73.5 Å². The summed E-state index contributed by atoms with van der Waals surface area (Å²) in [6, 6.07) is 13.6. The van der Waals surface area contributed by atoms with E-state index >= 15 is 0 Å². The molecule has 0 spiro atoms. The van der Waals surface area contributed by atoms with E-state index in [1.807, 2.05) is 48.5 Å². The Labute approximate surface area is 424 Å². The minimum atomic E-state index is -1.48. The molecule has 2 aliphatic rings. The standard InChI is InChI=1S/C53H79N7O12/c1-50(2,3)70-47(66)54-30-18-17-23-39(45(64)60-31-28-53(29-32-60,46(65)69-10)59-49(68)72-52(7,8)9)56-42(61)38(27-26-35-24-25-35)55-43(62)40(33-36-19-13-11-14-20-36)57-44(63)41(34-37-21-15-12-16-22-37)58-48(67)71-51(4,5)6/h11-16,19-22,35,38-41H,17-18,23-34H2,1-10H3,(H,54,66)(H,55,62)(H,56,61)(H,57,63)(H,58,67)(H,59,68)/t38?,39-,40-,41-/m1/s1. The average Bonchev–Trinajstić information content (AvgIpc) is 4.12. The molecular formula is C53H79N7O12. The van der Waals surface area contributed by atoms with Gasteiger partial charge in [0, 0.05) is 32.5 Å². The number of piperidine rings is 1. The van der Waals surface area contributed by atoms with Gasteiger partial charge in [0.25, 0.3) is 0 Å². The van der Waals surface area contributed by atoms with Crippen LogP contribution in [0.3, 0.4) is 0 Å². The number of rotatable bonds is 22. The summed E-state index contributed by atoms with van der Waals surface area (Å²) in [6.07, 6.45) is 1.71. The van der Waals surface area contributed by atoms with Crippen molar-refractivity contribution in [3.8, 4) is 0 Å². The maximum Gasteiger partial charge on any atom is 0.408 e. The Morgan fingerprint density at radius 1 is 0.583 bits per heavy atom. The Morgan fingerprint density at radius 2 is 1.04 bits per heavy atom. The number of hydrogen-bond donors (Lipinski definition) is 6. The fraction of sp³-hybridized carbons (Fsp3) is 0.623. The SMILES string of the molecule is COC(=O)C1(NC(=O)OC(C)(C)C)CCN(C(=O)[C@@H](CCCCNC(=O)OC(C)(C)C)NC(=O)C(CCC2CC2)NC(=O)[C@@H](Cc2ccccc2)NC(=O)[C@@H](Cc2ccccc2)NC(=O)OC(C)(C)C)CC1. The molecule has 19 nitrogen and oxygen atoms in total. The van der Waals surface area contributed by atoms with E-state index in [9.17, 15) is 38.4 Å². The molecule has 6 N–H and O–H groups in total. The van der Waals surface area contributed by atoms with Gasteiger partial charge in [-0.2, -0.15) is 0 Å². The molecule has 1 unspecified atom stereocenters. The van der Waals surface area contributed by atoms with Crippen LogP contribution >= 0.6 is 0 Å². The molecule has 1 heterocycles. The monoisotopic (exact) mass is 1010 g/mol. The molecule has 0 aromatic heterocycles. The van der Waals surface area contributed by atoms with Crippen molar-refractivity contribution in [2.45, 2.75) is 179 Å². The molecule has 398 valence electrons. The number of alkyl carbamates (subject to hydrolysis) is 3. The molecule has 2 aromatic carbocycles. The van der Waals surface area contributed by atoms with E-state index in [1.165, 1.54) is 12.0 Å². The molecule has 1 aliphatic heterocycles. The van der Waals surface area contributed by atoms with E-state index in [0.29, 0.717) is 25.2 Å². The van der Waals surface area contributed by atoms with Crippen LogP contribution in [0, 0.1) is 5.92 Å². The lowest BCUT2D eigenvalue weighted by molar-refractivity contribution is -0.153. The van der Waals surface area contributed by atoms with Crippen LogP contribution in [0.15, 0.2) is 60.7 Å². The normalized spacial score (nSPS) is 16.3. The summed E-state index contributed by atoms with van der Waals surface area (Å²) in [7, 11) is 1.21. The summed E-state index contributed by atoms with van der Waals surface area (Å²) >= 11 is 0. The molecular weight excluding hydrogens is 927 g/mol. The van der Waals surface area contributed by atoms with Crippen molar-refractivity contribution in [3.05, 3.63) is 71.8 Å². The lowest BCUT2D eigenvalue weighted by atomic mass is 9.87. The minimum absolute atomic E-state index is 0.000769. The van der Waals surface area contributed by atoms with E-state index in [-0.39, 0.29) is 58.2 Å². The first kappa shape index (κ1) is 58.2. The fourth-order valence-corrected chi connectivity index (χ4v) is 8.10. The average molecular weight is 1010 g/mol. The van der Waals surface area contributed by atoms with E-state index in [0.717, 1.165) is 24.0 Å². The van der Waals surface area contributed by atoms with Crippen LogP contribution in [-0.4, -0.2) is 126 Å². The van der Waals surface area contributed by atoms with Crippen molar-refractivity contribution >= 4 is 47.9 Å². The smallest absolute Gasteiger partial charge is 0.408 e. The molecule has 72 heavy (non-hydrogen) atoms. The zero-order chi connectivity index (χ0) is 53.3. The van der Waals surface area contributed by atoms with Crippen molar-refractivity contribution in [2.75, 3.05) is 26.7 Å². The third-order valence-corrected chi connectivity index (χ3v) is 11.8. The lowest BCUT2D eigenvalue weighted by Gasteiger charge is -2.41. The predicted octanol–water partition coefficient (Wildman–Crippen LogP) is 5.76. The van der Waals surface area contributed by atoms with Crippen LogP contribution in [0.5, 0.6) is 0 Å². The van der Waals surface area contributed by atoms with Crippen molar-refractivity contribution in [3.63, 3.8) is 0 Å². The molecule has 19 heteroatoms. The first-order valence-corrected chi connectivity index (χ1v) is 25.1. The van der Waals surface area contributed by atoms with Gasteiger partial charge < -0.3 is 55.7 Å². The van der Waals surface area contributed by atoms with E-state index in [2.05, 4.69) is 31.9 Å². The third kappa shape index (κ3) is 20.7. The van der Waals surface area contributed by atoms with Crippen LogP contribution in [0.4, 0.5) is 14.4 Å². The number of nitrogens with one attached hydrogen (secondary N) is 6. The van der Waals surface area contributed by atoms with Crippen LogP contribution in [0.1, 0.15) is 131 Å². The summed E-state index contributed by atoms with van der Waals surface area (Å²) < 4.78 is 21.4. The number of nitrogens with zero attached hydrogens (tertiary/aromatic N) is 1. The third-order valence-electron chi connectivity index (χ3n) is 11.8. The molecule has 1 saturated carbocycles. The number of methoxy groups -OCH3 is 1. The van der Waals surface area contributed by atoms with E-state index < -0.39 is 94.4 Å². The summed E-state index contributed by atoms with van der Waals surface area (Å²) in [6.45, 7) is 15.7. The zero-order valence-electron chi connectivity index (χ0n) is 43.9. The van der Waals surface area contributed by atoms with Crippen molar-refractivity contribution in [1.29, 1.82) is 0 Å². The van der Waals surface area contributed by atoms with Gasteiger partial charge in [0.15, 0.2) is 0 Å². The molecule has 0 bridgehead atoms. The Bertz CT molecular complexity index is 2140. The highest BCUT2D eigenvalue weighted by Gasteiger charge is 2.46. The quantitative estimate of drug-likeness (QED) is 0.0468. The van der Waals surface area contributed by atoms with Gasteiger partial charge in [-0.25, -0.2) is 19.2 Å². The maximum atomic E-state index is 14.6. The largest absolute Gasteiger partial charge is 0.467 e. The number of unbranched alkanes of at least 4 members (excludes halogenated alkanes) is 1. The number of carbonyl (C=O) groups is 8. The van der Waals surface area contributed by atoms with Crippen molar-refractivity contribution in [2.24, 2.45) is 5.92 Å². The maximum absolute atomic E-state index is 14.6. The molecule has 1 saturated heterocycles. The lowest BCUT2D eigenvalue weighted by Crippen LogP contribution is -2.63. The van der Waals surface area contributed by atoms with Gasteiger partial charge in [-0.05, 0) is 124 Å². The highest BCUT2D eigenvalue weighted by Crippen LogP contribution is 2.34. The highest BCUT2D eigenvalue weighted by molar-refractivity contribution is 5.96. The van der Waals surface area contributed by atoms with Crippen LogP contribution < -0.4 is 31.9 Å². The molecule has 7 amide bonds. The summed E-state index contributed by atoms with van der Waals surface area (Å²) in [5, 5.41) is 16.8. The van der Waals surface area contributed by atoms with Crippen molar-refractivity contribution < 1.29 is 57.3 Å². The molecule has 4 rings (SSSR count). The van der Waals surface area contributed by atoms with Crippen LogP contribution in [0.2, 0.25) is 0 Å². The van der Waals surface area contributed by atoms with Crippen LogP contribution in [-0.2, 0) is 55.8 Å². The van der Waals surface area contributed by atoms with E-state index in [1.54, 1.807) is 74.4 Å². The summed E-state index contributed by atoms with van der Waals surface area (Å²) in [5.41, 5.74) is -2.39. The number of benzene rings is 2. The van der Waals surface area contributed by atoms with Crippen molar-refractivity contribution in [1.82, 2.24) is 36.8 Å². The molecule has 4 atom stereocenters. The Morgan fingerprint density at radius 3 is 1.54 bits per heavy atom. The molecule has 0 radical (unpaired) electrons. The van der Waals surface area contributed by atoms with Gasteiger partial charge in [-0.15, -0.1) is 0 Å². The molecule has 2 aromatic rings. The first-order valence-electron chi connectivity index (χ1n) is 25.1. The molecule has 2 fully saturated rings. The summed E-state index contributed by atoms with van der Waals surface area (Å²) in [4.78, 5) is 111. The number of hydrogen-bond acceptors (Lipinski definition) is 12.